The van der Waals surface area contributed by atoms with Crippen LogP contribution < -0.4 is 5.56 Å². The zero-order valence-corrected chi connectivity index (χ0v) is 18.7. The van der Waals surface area contributed by atoms with E-state index < -0.39 is 12.1 Å². The lowest BCUT2D eigenvalue weighted by Gasteiger charge is -2.24. The van der Waals surface area contributed by atoms with Crippen LogP contribution >= 0.6 is 11.3 Å². The van der Waals surface area contributed by atoms with Gasteiger partial charge in [-0.3, -0.25) is 9.69 Å². The Morgan fingerprint density at radius 2 is 2.06 bits per heavy atom. The lowest BCUT2D eigenvalue weighted by Crippen LogP contribution is -2.32. The molecule has 166 valence electrons. The molecule has 0 saturated carbocycles. The van der Waals surface area contributed by atoms with Crippen molar-refractivity contribution in [2.45, 2.75) is 26.5 Å². The number of carbonyl (C=O) groups excluding carboxylic acids is 1. The van der Waals surface area contributed by atoms with Crippen LogP contribution in [0.15, 0.2) is 35.1 Å². The molecule has 1 unspecified atom stereocenters. The summed E-state index contributed by atoms with van der Waals surface area (Å²) in [6.07, 6.45) is -0.687. The van der Waals surface area contributed by atoms with Gasteiger partial charge in [-0.2, -0.15) is 0 Å². The predicted molar refractivity (Wildman–Crippen MR) is 119 cm³/mol. The number of aliphatic hydroxyl groups is 1. The fraction of sp³-hybridized carbons (Fsp3) is 0.409. The normalized spacial score (nSPS) is 12.4. The summed E-state index contributed by atoms with van der Waals surface area (Å²) in [7, 11) is 1.61. The van der Waals surface area contributed by atoms with E-state index in [0.29, 0.717) is 52.7 Å². The molecule has 0 saturated heterocycles. The SMILES string of the molecule is CCOC(=O)c1sc2nc(CN(CCOC)CC(O)c3ccccc3)[nH]c(=O)c2c1C. The van der Waals surface area contributed by atoms with Crippen molar-refractivity contribution in [1.29, 1.82) is 0 Å². The molecule has 0 aliphatic rings. The van der Waals surface area contributed by atoms with Gasteiger partial charge in [-0.1, -0.05) is 30.3 Å². The van der Waals surface area contributed by atoms with Crippen molar-refractivity contribution in [3.05, 3.63) is 62.5 Å². The Morgan fingerprint density at radius 1 is 1.32 bits per heavy atom. The van der Waals surface area contributed by atoms with Gasteiger partial charge in [0.05, 0.1) is 31.2 Å². The number of benzene rings is 1. The molecule has 0 aliphatic carbocycles. The highest BCUT2D eigenvalue weighted by Crippen LogP contribution is 2.27. The van der Waals surface area contributed by atoms with E-state index in [9.17, 15) is 14.7 Å². The first kappa shape index (κ1) is 23.1. The summed E-state index contributed by atoms with van der Waals surface area (Å²) in [6, 6.07) is 9.40. The van der Waals surface area contributed by atoms with Crippen LogP contribution in [-0.4, -0.2) is 59.4 Å². The van der Waals surface area contributed by atoms with Gasteiger partial charge < -0.3 is 19.6 Å². The van der Waals surface area contributed by atoms with Crippen molar-refractivity contribution in [2.24, 2.45) is 0 Å². The zero-order valence-electron chi connectivity index (χ0n) is 17.9. The minimum absolute atomic E-state index is 0.264. The summed E-state index contributed by atoms with van der Waals surface area (Å²) >= 11 is 1.16. The number of nitrogens with zero attached hydrogens (tertiary/aromatic N) is 2. The van der Waals surface area contributed by atoms with Gasteiger partial charge >= 0.3 is 5.97 Å². The molecular formula is C22H27N3O5S. The van der Waals surface area contributed by atoms with Crippen LogP contribution in [0.5, 0.6) is 0 Å². The first-order valence-electron chi connectivity index (χ1n) is 10.1. The second-order valence-corrected chi connectivity index (χ2v) is 8.12. The molecule has 2 aromatic heterocycles. The smallest absolute Gasteiger partial charge is 0.348 e. The molecular weight excluding hydrogens is 418 g/mol. The highest BCUT2D eigenvalue weighted by atomic mass is 32.1. The van der Waals surface area contributed by atoms with Crippen LogP contribution in [-0.2, 0) is 16.0 Å². The Balaban J connectivity index is 1.85. The maximum atomic E-state index is 12.7. The van der Waals surface area contributed by atoms with Gasteiger partial charge in [-0.05, 0) is 25.0 Å². The van der Waals surface area contributed by atoms with E-state index in [1.54, 1.807) is 21.0 Å². The molecule has 1 atom stereocenters. The quantitative estimate of drug-likeness (QED) is 0.462. The maximum absolute atomic E-state index is 12.7. The van der Waals surface area contributed by atoms with E-state index >= 15 is 0 Å². The number of aryl methyl sites for hydroxylation is 1. The van der Waals surface area contributed by atoms with E-state index in [1.807, 2.05) is 35.2 Å². The van der Waals surface area contributed by atoms with Gasteiger partial charge in [0.15, 0.2) is 0 Å². The highest BCUT2D eigenvalue weighted by Gasteiger charge is 2.21. The number of aliphatic hydroxyl groups excluding tert-OH is 1. The molecule has 0 spiro atoms. The Hall–Kier alpha value is -2.59. The van der Waals surface area contributed by atoms with Gasteiger partial charge in [0.1, 0.15) is 15.5 Å². The van der Waals surface area contributed by atoms with E-state index in [0.717, 1.165) is 16.9 Å². The van der Waals surface area contributed by atoms with Crippen LogP contribution in [0.4, 0.5) is 0 Å². The number of thiophene rings is 1. The third-order valence-corrected chi connectivity index (χ3v) is 6.08. The van der Waals surface area contributed by atoms with Crippen molar-refractivity contribution >= 4 is 27.5 Å². The lowest BCUT2D eigenvalue weighted by molar-refractivity contribution is 0.0531. The molecule has 0 radical (unpaired) electrons. The van der Waals surface area contributed by atoms with Gasteiger partial charge in [-0.15, -0.1) is 11.3 Å². The number of ether oxygens (including phenoxy) is 2. The van der Waals surface area contributed by atoms with Crippen LogP contribution in [0.1, 0.15) is 39.7 Å². The number of fused-ring (bicyclic) bond motifs is 1. The Bertz CT molecular complexity index is 1080. The van der Waals surface area contributed by atoms with Gasteiger partial charge in [0.25, 0.3) is 5.56 Å². The molecule has 0 amide bonds. The number of hydrogen-bond donors (Lipinski definition) is 2. The Kier molecular flexibility index (Phi) is 7.91. The van der Waals surface area contributed by atoms with Crippen LogP contribution in [0.2, 0.25) is 0 Å². The third kappa shape index (κ3) is 5.56. The van der Waals surface area contributed by atoms with E-state index in [-0.39, 0.29) is 12.2 Å². The number of aromatic amines is 1. The predicted octanol–water partition coefficient (Wildman–Crippen LogP) is 2.65. The van der Waals surface area contributed by atoms with Crippen molar-refractivity contribution in [2.75, 3.05) is 33.4 Å². The van der Waals surface area contributed by atoms with Crippen molar-refractivity contribution in [3.8, 4) is 0 Å². The molecule has 9 heteroatoms. The topological polar surface area (TPSA) is 105 Å². The maximum Gasteiger partial charge on any atom is 0.348 e. The molecule has 31 heavy (non-hydrogen) atoms. The summed E-state index contributed by atoms with van der Waals surface area (Å²) in [4.78, 5) is 35.2. The van der Waals surface area contributed by atoms with Crippen molar-refractivity contribution in [1.82, 2.24) is 14.9 Å². The minimum Gasteiger partial charge on any atom is -0.462 e. The fourth-order valence-corrected chi connectivity index (χ4v) is 4.44. The number of rotatable bonds is 10. The van der Waals surface area contributed by atoms with Gasteiger partial charge in [-0.25, -0.2) is 9.78 Å². The second kappa shape index (κ2) is 10.6. The monoisotopic (exact) mass is 445 g/mol. The first-order chi connectivity index (χ1) is 14.9. The second-order valence-electron chi connectivity index (χ2n) is 7.12. The largest absolute Gasteiger partial charge is 0.462 e. The summed E-state index contributed by atoms with van der Waals surface area (Å²) in [6.45, 7) is 5.43. The molecule has 1 aromatic carbocycles. The zero-order chi connectivity index (χ0) is 22.4. The molecule has 8 nitrogen and oxygen atoms in total. The summed E-state index contributed by atoms with van der Waals surface area (Å²) in [5.74, 6) is 0.0159. The summed E-state index contributed by atoms with van der Waals surface area (Å²) in [5.41, 5.74) is 1.10. The molecule has 3 aromatic rings. The summed E-state index contributed by atoms with van der Waals surface area (Å²) in [5, 5.41) is 11.0. The highest BCUT2D eigenvalue weighted by molar-refractivity contribution is 7.20. The average Bonchev–Trinajstić information content (AvgIpc) is 3.09. The van der Waals surface area contributed by atoms with Crippen LogP contribution in [0, 0.1) is 6.92 Å². The third-order valence-electron chi connectivity index (χ3n) is 4.91. The molecule has 0 fully saturated rings. The Labute approximate surface area is 184 Å². The minimum atomic E-state index is -0.687. The standard InChI is InChI=1S/C22H27N3O5S/c1-4-30-22(28)19-14(2)18-20(27)23-17(24-21(18)31-19)13-25(10-11-29-3)12-16(26)15-8-6-5-7-9-15/h5-9,16,26H,4,10-13H2,1-3H3,(H,23,24,27). The average molecular weight is 446 g/mol. The molecule has 2 heterocycles. The lowest BCUT2D eigenvalue weighted by atomic mass is 10.1. The molecule has 2 N–H and O–H groups in total. The van der Waals surface area contributed by atoms with Crippen molar-refractivity contribution < 1.29 is 19.4 Å². The number of hydrogen-bond acceptors (Lipinski definition) is 8. The fourth-order valence-electron chi connectivity index (χ4n) is 3.35. The van der Waals surface area contributed by atoms with Crippen LogP contribution in [0.25, 0.3) is 10.2 Å². The Morgan fingerprint density at radius 3 is 2.74 bits per heavy atom. The van der Waals surface area contributed by atoms with Crippen LogP contribution in [0.3, 0.4) is 0 Å². The summed E-state index contributed by atoms with van der Waals surface area (Å²) < 4.78 is 10.3. The number of aromatic nitrogens is 2. The van der Waals surface area contributed by atoms with E-state index in [1.165, 1.54) is 0 Å². The van der Waals surface area contributed by atoms with Gasteiger partial charge in [0, 0.05) is 20.2 Å². The molecule has 0 aliphatic heterocycles. The number of methoxy groups -OCH3 is 1. The van der Waals surface area contributed by atoms with Gasteiger partial charge in [0.2, 0.25) is 0 Å². The molecule has 3 rings (SSSR count). The number of esters is 1. The molecule has 0 bridgehead atoms. The first-order valence-corrected chi connectivity index (χ1v) is 10.9. The van der Waals surface area contributed by atoms with E-state index in [4.69, 9.17) is 9.47 Å². The number of nitrogens with one attached hydrogen (secondary N) is 1. The van der Waals surface area contributed by atoms with E-state index in [2.05, 4.69) is 9.97 Å². The number of carbonyl (C=O) groups is 1. The van der Waals surface area contributed by atoms with Crippen molar-refractivity contribution in [3.63, 3.8) is 0 Å². The number of H-pyrrole nitrogens is 1.